The second-order valence-corrected chi connectivity index (χ2v) is 38.1. The Kier molecular flexibility index (Phi) is 57.0. The zero-order chi connectivity index (χ0) is 94.2. The summed E-state index contributed by atoms with van der Waals surface area (Å²) in [4.78, 5) is 0. The van der Waals surface area contributed by atoms with Crippen LogP contribution < -0.4 is 0 Å². The summed E-state index contributed by atoms with van der Waals surface area (Å²) in [6.45, 7) is 69.8. The van der Waals surface area contributed by atoms with Crippen LogP contribution >= 0.6 is 0 Å². The van der Waals surface area contributed by atoms with Gasteiger partial charge in [0, 0.05) is 0 Å². The number of hydrogen-bond acceptors (Lipinski definition) is 0. The van der Waals surface area contributed by atoms with Crippen LogP contribution in [0.4, 0.5) is 105 Å². The van der Waals surface area contributed by atoms with Gasteiger partial charge in [-0.2, -0.15) is 105 Å². The van der Waals surface area contributed by atoms with Crippen molar-refractivity contribution < 1.29 is 105 Å². The van der Waals surface area contributed by atoms with Gasteiger partial charge in [0.1, 0.15) is 0 Å². The monoisotopic (exact) mass is 1710 g/mol. The average Bonchev–Trinajstić information content (AvgIpc) is 0.755. The van der Waals surface area contributed by atoms with Crippen molar-refractivity contribution in [3.05, 3.63) is 0 Å². The lowest BCUT2D eigenvalue weighted by Crippen LogP contribution is -2.51. The first-order chi connectivity index (χ1) is 50.3. The fourth-order valence-corrected chi connectivity index (χ4v) is 18.4. The van der Waals surface area contributed by atoms with Crippen molar-refractivity contribution in [2.45, 2.75) is 449 Å². The lowest BCUT2D eigenvalue weighted by atomic mass is 9.57. The van der Waals surface area contributed by atoms with Crippen LogP contribution in [0.25, 0.3) is 0 Å². The van der Waals surface area contributed by atoms with E-state index in [1.807, 2.05) is 145 Å². The fourth-order valence-electron chi connectivity index (χ4n) is 18.4. The summed E-state index contributed by atoms with van der Waals surface area (Å²) in [5.74, 6) is -2.37. The molecular weight excluding hydrogens is 1540 g/mol. The lowest BCUT2D eigenvalue weighted by molar-refractivity contribution is -0.275. The molecule has 0 aromatic carbocycles. The summed E-state index contributed by atoms with van der Waals surface area (Å²) in [6.07, 6.45) is -24.6. The van der Waals surface area contributed by atoms with E-state index in [1.54, 1.807) is 83.1 Å². The van der Waals surface area contributed by atoms with Crippen molar-refractivity contribution in [1.82, 2.24) is 0 Å². The van der Waals surface area contributed by atoms with Crippen molar-refractivity contribution in [2.75, 3.05) is 0 Å². The van der Waals surface area contributed by atoms with Gasteiger partial charge in [-0.15, -0.1) is 0 Å². The van der Waals surface area contributed by atoms with Gasteiger partial charge in [0.05, 0.1) is 43.3 Å². The van der Waals surface area contributed by atoms with Crippen LogP contribution in [0, 0.1) is 131 Å². The first kappa shape index (κ1) is 128. The first-order valence-corrected chi connectivity index (χ1v) is 42.8. The molecule has 0 saturated carbocycles. The predicted molar refractivity (Wildman–Crippen MR) is 434 cm³/mol. The van der Waals surface area contributed by atoms with Crippen LogP contribution in [0.3, 0.4) is 0 Å². The van der Waals surface area contributed by atoms with Crippen molar-refractivity contribution in [3.63, 3.8) is 0 Å². The molecule has 700 valence electrons. The SMILES string of the molecule is CC(C)C(C)(C(C)C)C(F)(F)F.CCC(C)(C(C(C)C)C(C)C)C(F)(F)F.CCC(C)(CC)C(C)(C(C)C)C(F)(F)F.CCC(CC)C(C)(C(C)C)C(F)(F)F.CCCC(C)(C(C(C)C)C(C)C)C(F)(F)F.CCCC(C)(C(CC)CC)C(F)(F)F.CCCC(C)(C(F)(F)F)C(C)(CC)CC.CCCC(C)(CC(C)C)C(F)(F)F. The largest absolute Gasteiger partial charge is 0.395 e. The molecule has 7 unspecified atom stereocenters. The predicted octanol–water partition coefficient (Wildman–Crippen LogP) is 38.1. The van der Waals surface area contributed by atoms with Gasteiger partial charge in [-0.05, 0) is 152 Å². The van der Waals surface area contributed by atoms with Crippen LogP contribution in [0.2, 0.25) is 0 Å². The van der Waals surface area contributed by atoms with E-state index in [2.05, 4.69) is 0 Å². The van der Waals surface area contributed by atoms with E-state index >= 15 is 0 Å². The number of hydrogen-bond donors (Lipinski definition) is 0. The zero-order valence-electron chi connectivity index (χ0n) is 79.3. The number of halogens is 24. The molecule has 0 aliphatic carbocycles. The molecule has 0 radical (unpaired) electrons. The van der Waals surface area contributed by atoms with Crippen LogP contribution in [0.5, 0.6) is 0 Å². The van der Waals surface area contributed by atoms with Crippen LogP contribution in [-0.2, 0) is 0 Å². The van der Waals surface area contributed by atoms with Gasteiger partial charge in [-0.25, -0.2) is 0 Å². The lowest BCUT2D eigenvalue weighted by Gasteiger charge is -2.49. The first-order valence-electron chi connectivity index (χ1n) is 42.8. The van der Waals surface area contributed by atoms with Gasteiger partial charge in [0.15, 0.2) is 0 Å². The third kappa shape index (κ3) is 34.2. The highest BCUT2D eigenvalue weighted by molar-refractivity contribution is 5.00. The van der Waals surface area contributed by atoms with E-state index in [1.165, 1.54) is 55.4 Å². The molecule has 0 aliphatic heterocycles. The van der Waals surface area contributed by atoms with Gasteiger partial charge in [0.25, 0.3) is 0 Å². The number of rotatable bonds is 33. The molecule has 0 amide bonds. The van der Waals surface area contributed by atoms with Gasteiger partial charge in [0.2, 0.25) is 0 Å². The van der Waals surface area contributed by atoms with Crippen molar-refractivity contribution in [2.24, 2.45) is 131 Å². The maximum absolute atomic E-state index is 13.3. The van der Waals surface area contributed by atoms with Crippen molar-refractivity contribution >= 4 is 0 Å². The Morgan fingerprint density at radius 3 is 0.614 bits per heavy atom. The Morgan fingerprint density at radius 1 is 0.219 bits per heavy atom. The van der Waals surface area contributed by atoms with E-state index in [0.29, 0.717) is 77.0 Å². The van der Waals surface area contributed by atoms with Crippen molar-refractivity contribution in [1.29, 1.82) is 0 Å². The van der Waals surface area contributed by atoms with Crippen LogP contribution in [0.15, 0.2) is 0 Å². The fraction of sp³-hybridized carbons (Fsp3) is 1.00. The second-order valence-electron chi connectivity index (χ2n) is 38.1. The summed E-state index contributed by atoms with van der Waals surface area (Å²) in [5, 5.41) is 0. The normalized spacial score (nSPS) is 17.2. The molecule has 24 heteroatoms. The standard InChI is InChI=1S/C13H25F3.3C12H23F3.2C11H21F3.C10H19F3.C9H17F3/c1-7-8-12(6,13(14,15)16)11(9(2)3)10(4)5;1-7-10(5,8-2)11(6,9(3)4)12(13,14)15;1-7-11(6,12(13,14)15)10(8(2)3)9(4)5;1-6-9-11(5,12(13,14)15)10(4,7-2)8-3;1-6-9(7-2)10(5,8(3)4)11(12,13)14;1-5-8-10(4,11(12,13)14)9(6-2)7-3;1-5-6-9(4,7-8(2)3)10(11,12)13;1-6(2)8(5,7(3)4)9(10,11)12/h9-11H,7-8H2,1-6H3;9H,7-8H2,1-6H3;8-10H,7H2,1-6H3;6-9H2,1-5H3;8-9H,6-7H2,1-5H3;9H,5-8H2,1-4H3;8H,5-7H2,1-4H3;6-7H,1-5H3. The van der Waals surface area contributed by atoms with Gasteiger partial charge >= 0.3 is 49.4 Å². The van der Waals surface area contributed by atoms with Crippen LogP contribution in [0.1, 0.15) is 399 Å². The Bertz CT molecular complexity index is 2380. The smallest absolute Gasteiger partial charge is 0.171 e. The topological polar surface area (TPSA) is 0 Å². The van der Waals surface area contributed by atoms with Crippen LogP contribution in [-0.4, -0.2) is 49.4 Å². The summed E-state index contributed by atoms with van der Waals surface area (Å²) in [5.41, 5.74) is -13.7. The van der Waals surface area contributed by atoms with E-state index in [4.69, 9.17) is 0 Å². The Balaban J connectivity index is -0.000000188. The Labute approximate surface area is 682 Å². The highest BCUT2D eigenvalue weighted by Crippen LogP contribution is 2.61. The molecule has 0 bridgehead atoms. The number of alkyl halides is 24. The molecule has 0 nitrogen and oxygen atoms in total. The molecule has 7 atom stereocenters. The molecular formula is C90H172F24. The molecule has 0 aromatic rings. The second kappa shape index (κ2) is 50.8. The van der Waals surface area contributed by atoms with Gasteiger partial charge in [-0.3, -0.25) is 0 Å². The van der Waals surface area contributed by atoms with E-state index < -0.39 is 109 Å². The highest BCUT2D eigenvalue weighted by atomic mass is 19.4. The maximum atomic E-state index is 13.3. The molecule has 0 rings (SSSR count). The van der Waals surface area contributed by atoms with E-state index in [9.17, 15) is 105 Å². The minimum atomic E-state index is -4.14. The van der Waals surface area contributed by atoms with E-state index in [-0.39, 0.29) is 110 Å². The van der Waals surface area contributed by atoms with Crippen molar-refractivity contribution in [3.8, 4) is 0 Å². The Hall–Kier alpha value is -1.68. The molecule has 0 saturated heterocycles. The minimum absolute atomic E-state index is 0.0524. The summed E-state index contributed by atoms with van der Waals surface area (Å²) in [7, 11) is 0. The summed E-state index contributed by atoms with van der Waals surface area (Å²) < 4.78 is 312. The molecule has 0 fully saturated rings. The minimum Gasteiger partial charge on any atom is -0.171 e. The summed E-state index contributed by atoms with van der Waals surface area (Å²) in [6, 6.07) is 0. The molecule has 0 aliphatic rings. The molecule has 0 aromatic heterocycles. The Morgan fingerprint density at radius 2 is 0.482 bits per heavy atom. The molecule has 0 heterocycles. The molecule has 0 N–H and O–H groups in total. The maximum Gasteiger partial charge on any atom is 0.395 e. The van der Waals surface area contributed by atoms with E-state index in [0.717, 1.165) is 0 Å². The third-order valence-corrected chi connectivity index (χ3v) is 28.3. The average molecular weight is 1710 g/mol. The summed E-state index contributed by atoms with van der Waals surface area (Å²) >= 11 is 0. The highest BCUT2D eigenvalue weighted by Gasteiger charge is 2.64. The third-order valence-electron chi connectivity index (χ3n) is 28.3. The van der Waals surface area contributed by atoms with Gasteiger partial charge in [-0.1, -0.05) is 335 Å². The van der Waals surface area contributed by atoms with Gasteiger partial charge < -0.3 is 0 Å². The molecule has 114 heavy (non-hydrogen) atoms. The molecule has 0 spiro atoms. The zero-order valence-corrected chi connectivity index (χ0v) is 79.3. The quantitative estimate of drug-likeness (QED) is 0.0575.